The van der Waals surface area contributed by atoms with Crippen molar-refractivity contribution in [1.82, 2.24) is 10.2 Å². The molecule has 1 saturated heterocycles. The summed E-state index contributed by atoms with van der Waals surface area (Å²) in [4.78, 5) is 13.2. The second-order valence-electron chi connectivity index (χ2n) is 4.64. The molecule has 1 amide bonds. The number of carbonyl (C=O) groups is 1. The lowest BCUT2D eigenvalue weighted by molar-refractivity contribution is -0.0118. The monoisotopic (exact) mass is 216 g/mol. The van der Waals surface area contributed by atoms with Crippen LogP contribution in [0.25, 0.3) is 0 Å². The Morgan fingerprint density at radius 3 is 2.67 bits per heavy atom. The van der Waals surface area contributed by atoms with Crippen molar-refractivity contribution in [3.63, 3.8) is 0 Å². The van der Waals surface area contributed by atoms with Gasteiger partial charge >= 0.3 is 6.09 Å². The van der Waals surface area contributed by atoms with Crippen molar-refractivity contribution < 1.29 is 14.3 Å². The Bertz CT molecular complexity index is 219. The second kappa shape index (κ2) is 4.81. The Labute approximate surface area is 90.7 Å². The summed E-state index contributed by atoms with van der Waals surface area (Å²) >= 11 is 0. The molecule has 0 aromatic rings. The van der Waals surface area contributed by atoms with E-state index in [0.717, 1.165) is 6.54 Å². The highest BCUT2D eigenvalue weighted by molar-refractivity contribution is 5.68. The van der Waals surface area contributed by atoms with Crippen molar-refractivity contribution in [3.8, 4) is 0 Å². The zero-order valence-corrected chi connectivity index (χ0v) is 9.87. The number of hydrogen-bond donors (Lipinski definition) is 1. The predicted molar refractivity (Wildman–Crippen MR) is 56.6 cm³/mol. The van der Waals surface area contributed by atoms with Crippen LogP contribution in [0.5, 0.6) is 0 Å². The fourth-order valence-corrected chi connectivity index (χ4v) is 1.26. The molecule has 0 bridgehead atoms. The predicted octanol–water partition coefficient (Wildman–Crippen LogP) is 0.799. The number of nitrogens with one attached hydrogen (secondary N) is 1. The summed E-state index contributed by atoms with van der Waals surface area (Å²) in [5, 5.41) is 3.19. The number of morpholine rings is 1. The van der Waals surface area contributed by atoms with Crippen molar-refractivity contribution in [2.75, 3.05) is 26.8 Å². The molecule has 0 spiro atoms. The van der Waals surface area contributed by atoms with Gasteiger partial charge in [-0.25, -0.2) is 4.79 Å². The molecule has 1 aliphatic rings. The second-order valence-corrected chi connectivity index (χ2v) is 4.64. The van der Waals surface area contributed by atoms with Crippen LogP contribution in [0.3, 0.4) is 0 Å². The van der Waals surface area contributed by atoms with Crippen molar-refractivity contribution >= 4 is 6.09 Å². The Kier molecular flexibility index (Phi) is 3.93. The molecular weight excluding hydrogens is 196 g/mol. The molecule has 1 aliphatic heterocycles. The van der Waals surface area contributed by atoms with Gasteiger partial charge in [0.25, 0.3) is 0 Å². The van der Waals surface area contributed by atoms with Gasteiger partial charge in [0.1, 0.15) is 11.8 Å². The average molecular weight is 216 g/mol. The first-order valence-electron chi connectivity index (χ1n) is 5.17. The molecule has 5 nitrogen and oxygen atoms in total. The van der Waals surface area contributed by atoms with E-state index in [1.807, 2.05) is 20.8 Å². The number of ether oxygens (including phenoxy) is 2. The first-order chi connectivity index (χ1) is 6.90. The number of rotatable bonds is 1. The van der Waals surface area contributed by atoms with Crippen LogP contribution >= 0.6 is 0 Å². The van der Waals surface area contributed by atoms with E-state index in [0.29, 0.717) is 13.2 Å². The summed E-state index contributed by atoms with van der Waals surface area (Å²) in [6.45, 7) is 7.52. The van der Waals surface area contributed by atoms with Crippen molar-refractivity contribution in [2.24, 2.45) is 0 Å². The van der Waals surface area contributed by atoms with Gasteiger partial charge in [-0.15, -0.1) is 0 Å². The van der Waals surface area contributed by atoms with Crippen LogP contribution in [0.2, 0.25) is 0 Å². The molecule has 0 aromatic heterocycles. The third-order valence-electron chi connectivity index (χ3n) is 2.05. The molecule has 1 heterocycles. The Hall–Kier alpha value is -0.810. The summed E-state index contributed by atoms with van der Waals surface area (Å²) < 4.78 is 10.5. The molecule has 1 N–H and O–H groups in total. The van der Waals surface area contributed by atoms with Gasteiger partial charge in [0.2, 0.25) is 0 Å². The molecule has 1 atom stereocenters. The molecule has 0 saturated carbocycles. The number of likely N-dealkylation sites (N-methyl/N-ethyl adjacent to an activating group) is 1. The van der Waals surface area contributed by atoms with Gasteiger partial charge in [-0.2, -0.15) is 0 Å². The van der Waals surface area contributed by atoms with Gasteiger partial charge in [-0.3, -0.25) is 10.2 Å². The number of nitrogens with zero attached hydrogens (tertiary/aromatic N) is 1. The lowest BCUT2D eigenvalue weighted by Crippen LogP contribution is -2.54. The molecule has 0 aliphatic carbocycles. The van der Waals surface area contributed by atoms with E-state index >= 15 is 0 Å². The van der Waals surface area contributed by atoms with Crippen LogP contribution in [0.15, 0.2) is 0 Å². The summed E-state index contributed by atoms with van der Waals surface area (Å²) in [7, 11) is 1.71. The maximum atomic E-state index is 11.7. The average Bonchev–Trinajstić information content (AvgIpc) is 2.15. The van der Waals surface area contributed by atoms with E-state index in [1.54, 1.807) is 7.05 Å². The van der Waals surface area contributed by atoms with Gasteiger partial charge in [0.15, 0.2) is 0 Å². The zero-order valence-electron chi connectivity index (χ0n) is 9.87. The number of carbonyl (C=O) groups excluding carboxylic acids is 1. The Morgan fingerprint density at radius 1 is 1.53 bits per heavy atom. The van der Waals surface area contributed by atoms with E-state index in [2.05, 4.69) is 5.32 Å². The van der Waals surface area contributed by atoms with Gasteiger partial charge in [-0.1, -0.05) is 0 Å². The summed E-state index contributed by atoms with van der Waals surface area (Å²) in [6.07, 6.45) is -0.418. The van der Waals surface area contributed by atoms with E-state index < -0.39 is 5.60 Å². The minimum Gasteiger partial charge on any atom is -0.444 e. The third-order valence-corrected chi connectivity index (χ3v) is 2.05. The molecule has 1 fully saturated rings. The normalized spacial score (nSPS) is 22.3. The molecule has 5 heteroatoms. The maximum absolute atomic E-state index is 11.7. The number of hydrogen-bond acceptors (Lipinski definition) is 4. The highest BCUT2D eigenvalue weighted by Crippen LogP contribution is 2.10. The molecule has 0 unspecified atom stereocenters. The molecule has 1 rings (SSSR count). The van der Waals surface area contributed by atoms with Crippen molar-refractivity contribution in [3.05, 3.63) is 0 Å². The van der Waals surface area contributed by atoms with Crippen molar-refractivity contribution in [2.45, 2.75) is 32.5 Å². The fraction of sp³-hybridized carbons (Fsp3) is 0.900. The minimum atomic E-state index is -0.457. The van der Waals surface area contributed by atoms with Gasteiger partial charge < -0.3 is 9.47 Å². The van der Waals surface area contributed by atoms with Gasteiger partial charge in [0.05, 0.1) is 13.2 Å². The molecule has 88 valence electrons. The number of amides is 1. The first kappa shape index (κ1) is 12.3. The summed E-state index contributed by atoms with van der Waals surface area (Å²) in [5.41, 5.74) is -0.457. The lowest BCUT2D eigenvalue weighted by Gasteiger charge is -2.33. The van der Waals surface area contributed by atoms with Crippen LogP contribution < -0.4 is 5.32 Å². The topological polar surface area (TPSA) is 50.8 Å². The highest BCUT2D eigenvalue weighted by atomic mass is 16.6. The zero-order chi connectivity index (χ0) is 11.5. The maximum Gasteiger partial charge on any atom is 0.411 e. The quantitative estimate of drug-likeness (QED) is 0.704. The summed E-state index contributed by atoms with van der Waals surface area (Å²) in [5.74, 6) is 0. The molecule has 15 heavy (non-hydrogen) atoms. The molecular formula is C10H20N2O3. The van der Waals surface area contributed by atoms with E-state index in [-0.39, 0.29) is 12.3 Å². The van der Waals surface area contributed by atoms with Crippen LogP contribution in [0.4, 0.5) is 4.79 Å². The van der Waals surface area contributed by atoms with Crippen LogP contribution in [0, 0.1) is 0 Å². The summed E-state index contributed by atoms with van der Waals surface area (Å²) in [6, 6.07) is 0. The van der Waals surface area contributed by atoms with E-state index in [4.69, 9.17) is 9.47 Å². The Balaban J connectivity index is 2.44. The minimum absolute atomic E-state index is 0.0893. The van der Waals surface area contributed by atoms with E-state index in [1.165, 1.54) is 4.90 Å². The van der Waals surface area contributed by atoms with Crippen LogP contribution in [-0.4, -0.2) is 49.6 Å². The molecule has 0 radical (unpaired) electrons. The highest BCUT2D eigenvalue weighted by Gasteiger charge is 2.26. The van der Waals surface area contributed by atoms with E-state index in [9.17, 15) is 4.79 Å². The van der Waals surface area contributed by atoms with Crippen LogP contribution in [-0.2, 0) is 9.47 Å². The third kappa shape index (κ3) is 4.05. The fourth-order valence-electron chi connectivity index (χ4n) is 1.26. The van der Waals surface area contributed by atoms with Gasteiger partial charge in [-0.05, 0) is 20.8 Å². The first-order valence-corrected chi connectivity index (χ1v) is 5.17. The van der Waals surface area contributed by atoms with Crippen molar-refractivity contribution in [1.29, 1.82) is 0 Å². The smallest absolute Gasteiger partial charge is 0.411 e. The molecule has 0 aromatic carbocycles. The lowest BCUT2D eigenvalue weighted by atomic mass is 10.2. The van der Waals surface area contributed by atoms with Crippen LogP contribution in [0.1, 0.15) is 20.8 Å². The standard InChI is InChI=1S/C10H20N2O3/c1-10(2,3)15-9(13)12(4)8-7-14-6-5-11-8/h8,11H,5-7H2,1-4H3/t8-/m0/s1. The Morgan fingerprint density at radius 2 is 2.20 bits per heavy atom. The SMILES string of the molecule is CN(C(=O)OC(C)(C)C)[C@H]1COCCN1. The van der Waals surface area contributed by atoms with Gasteiger partial charge in [0, 0.05) is 13.6 Å². The largest absolute Gasteiger partial charge is 0.444 e.